The van der Waals surface area contributed by atoms with Gasteiger partial charge in [-0.05, 0) is 18.2 Å². The molecule has 0 saturated carbocycles. The molecular formula is C11H12ClNO2. The summed E-state index contributed by atoms with van der Waals surface area (Å²) in [5.74, 6) is 0.782. The molecule has 0 heterocycles. The predicted octanol–water partition coefficient (Wildman–Crippen LogP) is 2.32. The molecule has 0 fully saturated rings. The van der Waals surface area contributed by atoms with Crippen LogP contribution >= 0.6 is 11.6 Å². The molecule has 0 N–H and O–H groups in total. The first kappa shape index (κ1) is 11.6. The summed E-state index contributed by atoms with van der Waals surface area (Å²) in [6.45, 7) is 0. The van der Waals surface area contributed by atoms with Crippen molar-refractivity contribution in [3.05, 3.63) is 41.2 Å². The number of nitrogens with zero attached hydrogens (tertiary/aromatic N) is 1. The maximum Gasteiger partial charge on any atom is 0.186 e. The fourth-order valence-electron chi connectivity index (χ4n) is 1.00. The van der Waals surface area contributed by atoms with Crippen molar-refractivity contribution in [2.24, 2.45) is 0 Å². The van der Waals surface area contributed by atoms with E-state index in [0.717, 1.165) is 0 Å². The van der Waals surface area contributed by atoms with Crippen molar-refractivity contribution in [1.82, 2.24) is 4.90 Å². The minimum Gasteiger partial charge on any atom is -0.452 e. The van der Waals surface area contributed by atoms with Crippen LogP contribution in [0, 0.1) is 0 Å². The number of hydrogen-bond acceptors (Lipinski definition) is 3. The molecular weight excluding hydrogens is 214 g/mol. The van der Waals surface area contributed by atoms with Crippen molar-refractivity contribution in [2.75, 3.05) is 14.1 Å². The highest BCUT2D eigenvalue weighted by molar-refractivity contribution is 6.30. The SMILES string of the molecule is CN(C)C=C(C=O)Oc1cccc(Cl)c1. The highest BCUT2D eigenvalue weighted by Gasteiger charge is 2.00. The Morgan fingerprint density at radius 1 is 1.47 bits per heavy atom. The number of allylic oxidation sites excluding steroid dienone is 1. The largest absolute Gasteiger partial charge is 0.452 e. The van der Waals surface area contributed by atoms with Crippen LogP contribution in [-0.2, 0) is 4.79 Å². The van der Waals surface area contributed by atoms with Crippen molar-refractivity contribution in [3.8, 4) is 5.75 Å². The molecule has 1 aromatic rings. The van der Waals surface area contributed by atoms with E-state index in [1.807, 2.05) is 14.1 Å². The third-order valence-electron chi connectivity index (χ3n) is 1.53. The molecule has 0 unspecified atom stereocenters. The van der Waals surface area contributed by atoms with Gasteiger partial charge in [-0.2, -0.15) is 0 Å². The van der Waals surface area contributed by atoms with Crippen LogP contribution in [0.1, 0.15) is 0 Å². The molecule has 0 spiro atoms. The Balaban J connectivity index is 2.80. The molecule has 0 aliphatic carbocycles. The van der Waals surface area contributed by atoms with E-state index in [-0.39, 0.29) is 5.76 Å². The van der Waals surface area contributed by atoms with E-state index in [1.54, 1.807) is 35.4 Å². The molecule has 0 bridgehead atoms. The lowest BCUT2D eigenvalue weighted by Gasteiger charge is -2.08. The summed E-state index contributed by atoms with van der Waals surface area (Å²) in [6, 6.07) is 6.88. The van der Waals surface area contributed by atoms with Gasteiger partial charge >= 0.3 is 0 Å². The maximum absolute atomic E-state index is 10.7. The Labute approximate surface area is 93.9 Å². The van der Waals surface area contributed by atoms with Gasteiger partial charge in [-0.1, -0.05) is 17.7 Å². The third-order valence-corrected chi connectivity index (χ3v) is 1.77. The smallest absolute Gasteiger partial charge is 0.186 e. The van der Waals surface area contributed by atoms with Gasteiger partial charge in [-0.15, -0.1) is 0 Å². The summed E-state index contributed by atoms with van der Waals surface area (Å²) in [4.78, 5) is 12.4. The van der Waals surface area contributed by atoms with Gasteiger partial charge in [-0.25, -0.2) is 0 Å². The van der Waals surface area contributed by atoms with Gasteiger partial charge in [0.1, 0.15) is 5.75 Å². The molecule has 0 atom stereocenters. The van der Waals surface area contributed by atoms with E-state index in [1.165, 1.54) is 0 Å². The van der Waals surface area contributed by atoms with E-state index < -0.39 is 0 Å². The first-order chi connectivity index (χ1) is 7.11. The zero-order chi connectivity index (χ0) is 11.3. The molecule has 80 valence electrons. The normalized spacial score (nSPS) is 11.0. The molecule has 4 heteroatoms. The van der Waals surface area contributed by atoms with Crippen LogP contribution < -0.4 is 4.74 Å². The van der Waals surface area contributed by atoms with Crippen LogP contribution in [0.4, 0.5) is 0 Å². The molecule has 0 saturated heterocycles. The van der Waals surface area contributed by atoms with Crippen LogP contribution in [0.3, 0.4) is 0 Å². The minimum atomic E-state index is 0.238. The zero-order valence-electron chi connectivity index (χ0n) is 8.61. The van der Waals surface area contributed by atoms with E-state index >= 15 is 0 Å². The lowest BCUT2D eigenvalue weighted by molar-refractivity contribution is -0.106. The highest BCUT2D eigenvalue weighted by atomic mass is 35.5. The Kier molecular flexibility index (Phi) is 4.18. The number of benzene rings is 1. The standard InChI is InChI=1S/C11H12ClNO2/c1-13(2)7-11(8-14)15-10-5-3-4-9(12)6-10/h3-8H,1-2H3. The van der Waals surface area contributed by atoms with Gasteiger partial charge in [-0.3, -0.25) is 4.79 Å². The number of hydrogen-bond donors (Lipinski definition) is 0. The molecule has 1 rings (SSSR count). The maximum atomic E-state index is 10.7. The van der Waals surface area contributed by atoms with Crippen LogP contribution in [0.15, 0.2) is 36.2 Å². The zero-order valence-corrected chi connectivity index (χ0v) is 9.36. The Hall–Kier alpha value is -1.48. The lowest BCUT2D eigenvalue weighted by Crippen LogP contribution is -2.07. The summed E-state index contributed by atoms with van der Waals surface area (Å²) in [7, 11) is 3.62. The van der Waals surface area contributed by atoms with E-state index in [2.05, 4.69) is 0 Å². The lowest BCUT2D eigenvalue weighted by atomic mass is 10.3. The second kappa shape index (κ2) is 5.41. The number of carbonyl (C=O) groups is 1. The molecule has 0 aromatic heterocycles. The number of carbonyl (C=O) groups excluding carboxylic acids is 1. The van der Waals surface area contributed by atoms with E-state index in [9.17, 15) is 4.79 Å². The second-order valence-corrected chi connectivity index (χ2v) is 3.61. The van der Waals surface area contributed by atoms with E-state index in [4.69, 9.17) is 16.3 Å². The molecule has 0 amide bonds. The molecule has 0 aliphatic rings. The van der Waals surface area contributed by atoms with Gasteiger partial charge in [0.05, 0.1) is 0 Å². The quantitative estimate of drug-likeness (QED) is 0.448. The molecule has 1 aromatic carbocycles. The Morgan fingerprint density at radius 2 is 2.20 bits per heavy atom. The van der Waals surface area contributed by atoms with Crippen LogP contribution in [0.2, 0.25) is 5.02 Å². The third kappa shape index (κ3) is 4.04. The number of aldehydes is 1. The van der Waals surface area contributed by atoms with E-state index in [0.29, 0.717) is 17.1 Å². The van der Waals surface area contributed by atoms with Crippen LogP contribution in [0.25, 0.3) is 0 Å². The van der Waals surface area contributed by atoms with Gasteiger partial charge in [0.15, 0.2) is 12.0 Å². The topological polar surface area (TPSA) is 29.5 Å². The van der Waals surface area contributed by atoms with Crippen molar-refractivity contribution in [2.45, 2.75) is 0 Å². The van der Waals surface area contributed by atoms with Gasteiger partial charge in [0.25, 0.3) is 0 Å². The summed E-state index contributed by atoms with van der Waals surface area (Å²) in [5, 5.41) is 0.572. The summed E-state index contributed by atoms with van der Waals surface area (Å²) in [5.41, 5.74) is 0. The predicted molar refractivity (Wildman–Crippen MR) is 59.9 cm³/mol. The molecule has 3 nitrogen and oxygen atoms in total. The molecule has 0 aliphatic heterocycles. The molecule has 0 radical (unpaired) electrons. The molecule has 15 heavy (non-hydrogen) atoms. The van der Waals surface area contributed by atoms with Crippen molar-refractivity contribution < 1.29 is 9.53 Å². The first-order valence-electron chi connectivity index (χ1n) is 4.38. The van der Waals surface area contributed by atoms with Gasteiger partial charge in [0, 0.05) is 25.3 Å². The first-order valence-corrected chi connectivity index (χ1v) is 4.76. The van der Waals surface area contributed by atoms with Crippen LogP contribution in [-0.4, -0.2) is 25.3 Å². The Bertz CT molecular complexity index is 375. The number of rotatable bonds is 4. The van der Waals surface area contributed by atoms with Crippen molar-refractivity contribution >= 4 is 17.9 Å². The highest BCUT2D eigenvalue weighted by Crippen LogP contribution is 2.18. The number of halogens is 1. The van der Waals surface area contributed by atoms with Crippen molar-refractivity contribution in [3.63, 3.8) is 0 Å². The van der Waals surface area contributed by atoms with Gasteiger partial charge in [0.2, 0.25) is 0 Å². The Morgan fingerprint density at radius 3 is 2.73 bits per heavy atom. The average Bonchev–Trinajstić information content (AvgIpc) is 2.16. The van der Waals surface area contributed by atoms with Crippen molar-refractivity contribution in [1.29, 1.82) is 0 Å². The second-order valence-electron chi connectivity index (χ2n) is 3.17. The summed E-state index contributed by atoms with van der Waals surface area (Å²) in [6.07, 6.45) is 2.24. The summed E-state index contributed by atoms with van der Waals surface area (Å²) < 4.78 is 5.32. The monoisotopic (exact) mass is 225 g/mol. The summed E-state index contributed by atoms with van der Waals surface area (Å²) >= 11 is 5.78. The minimum absolute atomic E-state index is 0.238. The number of ether oxygens (including phenoxy) is 1. The fraction of sp³-hybridized carbons (Fsp3) is 0.182. The fourth-order valence-corrected chi connectivity index (χ4v) is 1.18. The van der Waals surface area contributed by atoms with Crippen LogP contribution in [0.5, 0.6) is 5.75 Å². The van der Waals surface area contributed by atoms with Gasteiger partial charge < -0.3 is 9.64 Å². The average molecular weight is 226 g/mol.